The van der Waals surface area contributed by atoms with Crippen LogP contribution in [0.15, 0.2) is 0 Å². The highest BCUT2D eigenvalue weighted by Crippen LogP contribution is 2.07. The highest BCUT2D eigenvalue weighted by Gasteiger charge is 2.07. The molecular formula is C11H20FN3. The summed E-state index contributed by atoms with van der Waals surface area (Å²) in [4.78, 5) is 10.0. The maximum absolute atomic E-state index is 13.1. The van der Waals surface area contributed by atoms with Crippen LogP contribution in [-0.2, 0) is 6.54 Å². The van der Waals surface area contributed by atoms with E-state index in [-0.39, 0.29) is 5.82 Å². The first-order chi connectivity index (χ1) is 7.00. The Kier molecular flexibility index (Phi) is 6.01. The molecule has 4 heteroatoms. The van der Waals surface area contributed by atoms with Gasteiger partial charge in [0.05, 0.1) is 17.9 Å². The molecule has 0 aliphatic heterocycles. The number of rotatable bonds is 2. The Hall–Kier alpha value is -1.03. The van der Waals surface area contributed by atoms with Crippen molar-refractivity contribution in [3.8, 4) is 0 Å². The molecule has 0 aliphatic rings. The molecule has 0 aromatic carbocycles. The van der Waals surface area contributed by atoms with Crippen LogP contribution in [-0.4, -0.2) is 29.0 Å². The first-order valence-electron chi connectivity index (χ1n) is 5.15. The lowest BCUT2D eigenvalue weighted by Crippen LogP contribution is -2.15. The van der Waals surface area contributed by atoms with Gasteiger partial charge in [0.15, 0.2) is 5.82 Å². The van der Waals surface area contributed by atoms with E-state index in [0.717, 1.165) is 0 Å². The minimum Gasteiger partial charge on any atom is -0.302 e. The van der Waals surface area contributed by atoms with Crippen LogP contribution in [0.4, 0.5) is 4.39 Å². The molecule has 0 saturated heterocycles. The van der Waals surface area contributed by atoms with Crippen molar-refractivity contribution < 1.29 is 4.39 Å². The van der Waals surface area contributed by atoms with Gasteiger partial charge >= 0.3 is 0 Å². The highest BCUT2D eigenvalue weighted by atomic mass is 19.1. The van der Waals surface area contributed by atoms with Crippen LogP contribution in [0.5, 0.6) is 0 Å². The Bertz CT molecular complexity index is 288. The monoisotopic (exact) mass is 213 g/mol. The summed E-state index contributed by atoms with van der Waals surface area (Å²) in [6.45, 7) is 7.95. The molecule has 0 atom stereocenters. The molecule has 0 spiro atoms. The number of nitrogens with zero attached hydrogens (tertiary/aromatic N) is 3. The third-order valence-electron chi connectivity index (χ3n) is 1.69. The van der Waals surface area contributed by atoms with Crippen molar-refractivity contribution in [1.82, 2.24) is 14.9 Å². The van der Waals surface area contributed by atoms with Crippen molar-refractivity contribution in [2.45, 2.75) is 34.2 Å². The fourth-order valence-corrected chi connectivity index (χ4v) is 1.13. The van der Waals surface area contributed by atoms with Gasteiger partial charge in [0.25, 0.3) is 0 Å². The second-order valence-corrected chi connectivity index (χ2v) is 3.36. The predicted octanol–water partition coefficient (Wildman–Crippen LogP) is 2.32. The molecule has 1 aromatic rings. The van der Waals surface area contributed by atoms with Gasteiger partial charge in [-0.15, -0.1) is 0 Å². The second-order valence-electron chi connectivity index (χ2n) is 3.36. The molecule has 15 heavy (non-hydrogen) atoms. The molecular weight excluding hydrogens is 193 g/mol. The fraction of sp³-hybridized carbons (Fsp3) is 0.636. The predicted molar refractivity (Wildman–Crippen MR) is 60.2 cm³/mol. The van der Waals surface area contributed by atoms with Gasteiger partial charge in [-0.25, -0.2) is 14.4 Å². The smallest absolute Gasteiger partial charge is 0.165 e. The Morgan fingerprint density at radius 2 is 1.47 bits per heavy atom. The minimum absolute atomic E-state index is 0.303. The van der Waals surface area contributed by atoms with Gasteiger partial charge in [-0.3, -0.25) is 0 Å². The molecule has 0 saturated carbocycles. The largest absolute Gasteiger partial charge is 0.302 e. The van der Waals surface area contributed by atoms with E-state index in [4.69, 9.17) is 0 Å². The van der Waals surface area contributed by atoms with E-state index in [9.17, 15) is 4.39 Å². The maximum atomic E-state index is 13.1. The van der Waals surface area contributed by atoms with Crippen LogP contribution in [0, 0.1) is 19.7 Å². The number of aryl methyl sites for hydroxylation is 2. The van der Waals surface area contributed by atoms with Gasteiger partial charge in [0, 0.05) is 0 Å². The molecule has 86 valence electrons. The lowest BCUT2D eigenvalue weighted by Gasteiger charge is -2.09. The van der Waals surface area contributed by atoms with E-state index in [1.807, 2.05) is 32.8 Å². The molecule has 1 rings (SSSR count). The molecule has 0 fully saturated rings. The molecule has 0 aliphatic carbocycles. The van der Waals surface area contributed by atoms with Crippen LogP contribution in [0.2, 0.25) is 0 Å². The lowest BCUT2D eigenvalue weighted by atomic mass is 10.3. The summed E-state index contributed by atoms with van der Waals surface area (Å²) < 4.78 is 13.1. The van der Waals surface area contributed by atoms with Crippen LogP contribution in [0.25, 0.3) is 0 Å². The van der Waals surface area contributed by atoms with Crippen molar-refractivity contribution in [3.63, 3.8) is 0 Å². The number of aromatic nitrogens is 2. The Morgan fingerprint density at radius 3 is 1.80 bits per heavy atom. The number of hydrogen-bond donors (Lipinski definition) is 0. The summed E-state index contributed by atoms with van der Waals surface area (Å²) in [7, 11) is 3.86. The molecule has 0 unspecified atom stereocenters. The summed E-state index contributed by atoms with van der Waals surface area (Å²) in [5.74, 6) is 0.365. The van der Waals surface area contributed by atoms with Crippen LogP contribution in [0.3, 0.4) is 0 Å². The zero-order valence-corrected chi connectivity index (χ0v) is 10.4. The summed E-state index contributed by atoms with van der Waals surface area (Å²) in [6, 6.07) is 0. The van der Waals surface area contributed by atoms with E-state index >= 15 is 0 Å². The highest BCUT2D eigenvalue weighted by molar-refractivity contribution is 5.11. The number of halogens is 1. The van der Waals surface area contributed by atoms with Gasteiger partial charge in [-0.05, 0) is 27.9 Å². The van der Waals surface area contributed by atoms with E-state index in [1.54, 1.807) is 13.8 Å². The van der Waals surface area contributed by atoms with E-state index in [2.05, 4.69) is 9.97 Å². The van der Waals surface area contributed by atoms with Crippen molar-refractivity contribution in [3.05, 3.63) is 23.0 Å². The fourth-order valence-electron chi connectivity index (χ4n) is 1.13. The second kappa shape index (κ2) is 6.45. The minimum atomic E-state index is -0.303. The first-order valence-corrected chi connectivity index (χ1v) is 5.15. The Morgan fingerprint density at radius 1 is 1.07 bits per heavy atom. The van der Waals surface area contributed by atoms with Crippen LogP contribution in [0.1, 0.15) is 31.1 Å². The molecule has 0 bridgehead atoms. The molecule has 3 nitrogen and oxygen atoms in total. The summed E-state index contributed by atoms with van der Waals surface area (Å²) >= 11 is 0. The zero-order valence-electron chi connectivity index (χ0n) is 10.4. The molecule has 0 amide bonds. The Balaban J connectivity index is 0.000000921. The molecule has 0 radical (unpaired) electrons. The summed E-state index contributed by atoms with van der Waals surface area (Å²) in [6.07, 6.45) is 0. The summed E-state index contributed by atoms with van der Waals surface area (Å²) in [5.41, 5.74) is 0.841. The third kappa shape index (κ3) is 4.34. The molecule has 0 N–H and O–H groups in total. The van der Waals surface area contributed by atoms with Crippen molar-refractivity contribution in [2.75, 3.05) is 14.1 Å². The average Bonchev–Trinajstić information content (AvgIpc) is 2.16. The van der Waals surface area contributed by atoms with E-state index in [0.29, 0.717) is 23.8 Å². The SMILES string of the molecule is CC.Cc1nc(CN(C)C)nc(C)c1F. The van der Waals surface area contributed by atoms with Crippen molar-refractivity contribution >= 4 is 0 Å². The van der Waals surface area contributed by atoms with E-state index in [1.165, 1.54) is 0 Å². The average molecular weight is 213 g/mol. The van der Waals surface area contributed by atoms with E-state index < -0.39 is 0 Å². The van der Waals surface area contributed by atoms with Gasteiger partial charge in [0.2, 0.25) is 0 Å². The Labute approximate surface area is 91.4 Å². The third-order valence-corrected chi connectivity index (χ3v) is 1.69. The quantitative estimate of drug-likeness (QED) is 0.755. The van der Waals surface area contributed by atoms with Gasteiger partial charge in [-0.2, -0.15) is 0 Å². The molecule has 1 heterocycles. The van der Waals surface area contributed by atoms with Gasteiger partial charge in [0.1, 0.15) is 5.82 Å². The van der Waals surface area contributed by atoms with Gasteiger partial charge in [-0.1, -0.05) is 13.8 Å². The van der Waals surface area contributed by atoms with Crippen LogP contribution >= 0.6 is 0 Å². The zero-order chi connectivity index (χ0) is 12.0. The topological polar surface area (TPSA) is 29.0 Å². The van der Waals surface area contributed by atoms with Crippen molar-refractivity contribution in [2.24, 2.45) is 0 Å². The maximum Gasteiger partial charge on any atom is 0.165 e. The normalized spacial score (nSPS) is 9.87. The number of hydrogen-bond acceptors (Lipinski definition) is 3. The first kappa shape index (κ1) is 14.0. The standard InChI is InChI=1S/C9H14FN3.C2H6/c1-6-9(10)7(2)12-8(11-6)5-13(3)4;1-2/h5H2,1-4H3;1-2H3. The van der Waals surface area contributed by atoms with Gasteiger partial charge < -0.3 is 4.90 Å². The summed E-state index contributed by atoms with van der Waals surface area (Å²) in [5, 5.41) is 0. The molecule has 1 aromatic heterocycles. The van der Waals surface area contributed by atoms with Crippen LogP contribution < -0.4 is 0 Å². The lowest BCUT2D eigenvalue weighted by molar-refractivity contribution is 0.387. The van der Waals surface area contributed by atoms with Crippen molar-refractivity contribution in [1.29, 1.82) is 0 Å².